The molecule has 3 unspecified atom stereocenters. The average molecular weight is 282 g/mol. The number of rotatable bonds is 5. The summed E-state index contributed by atoms with van der Waals surface area (Å²) in [4.78, 5) is 29.0. The average Bonchev–Trinajstić information content (AvgIpc) is 2.48. The maximum atomic E-state index is 12.8. The first-order valence-electron chi connectivity index (χ1n) is 7.82. The number of piperidine rings is 1. The fourth-order valence-corrected chi connectivity index (χ4v) is 3.35. The number of piperazine rings is 1. The van der Waals surface area contributed by atoms with Gasteiger partial charge in [0.15, 0.2) is 0 Å². The van der Waals surface area contributed by atoms with Crippen LogP contribution in [0.5, 0.6) is 0 Å². The molecule has 3 atom stereocenters. The van der Waals surface area contributed by atoms with Crippen LogP contribution < -0.4 is 0 Å². The van der Waals surface area contributed by atoms with Crippen LogP contribution in [0.2, 0.25) is 0 Å². The molecule has 2 amide bonds. The second-order valence-electron chi connectivity index (χ2n) is 5.72. The van der Waals surface area contributed by atoms with Gasteiger partial charge >= 0.3 is 0 Å². The van der Waals surface area contributed by atoms with Gasteiger partial charge in [-0.3, -0.25) is 9.59 Å². The van der Waals surface area contributed by atoms with Gasteiger partial charge in [-0.05, 0) is 39.5 Å². The fraction of sp³-hybridized carbons (Fsp3) is 0.867. The van der Waals surface area contributed by atoms with E-state index in [2.05, 4.69) is 0 Å². The van der Waals surface area contributed by atoms with E-state index in [0.29, 0.717) is 19.6 Å². The monoisotopic (exact) mass is 282 g/mol. The Hall–Kier alpha value is -1.10. The van der Waals surface area contributed by atoms with Crippen LogP contribution in [-0.4, -0.2) is 59.5 Å². The zero-order valence-electron chi connectivity index (χ0n) is 12.8. The van der Waals surface area contributed by atoms with E-state index >= 15 is 0 Å². The van der Waals surface area contributed by atoms with Gasteiger partial charge in [-0.2, -0.15) is 0 Å². The third-order valence-corrected chi connectivity index (χ3v) is 4.37. The molecule has 2 aliphatic rings. The molecule has 0 aromatic rings. The lowest BCUT2D eigenvalue weighted by Gasteiger charge is -2.48. The summed E-state index contributed by atoms with van der Waals surface area (Å²) in [6.45, 7) is 7.75. The Bertz CT molecular complexity index is 372. The van der Waals surface area contributed by atoms with Crippen LogP contribution >= 0.6 is 0 Å². The van der Waals surface area contributed by atoms with Crippen molar-refractivity contribution in [1.82, 2.24) is 9.80 Å². The van der Waals surface area contributed by atoms with Crippen molar-refractivity contribution in [2.75, 3.05) is 19.8 Å². The van der Waals surface area contributed by atoms with E-state index in [1.165, 1.54) is 0 Å². The molecule has 5 nitrogen and oxygen atoms in total. The zero-order valence-corrected chi connectivity index (χ0v) is 12.8. The Balaban J connectivity index is 2.19. The Labute approximate surface area is 121 Å². The van der Waals surface area contributed by atoms with Gasteiger partial charge in [0.05, 0.1) is 12.6 Å². The van der Waals surface area contributed by atoms with Crippen LogP contribution in [0.1, 0.15) is 46.5 Å². The minimum Gasteiger partial charge on any atom is -0.380 e. The lowest BCUT2D eigenvalue weighted by atomic mass is 9.93. The van der Waals surface area contributed by atoms with E-state index in [0.717, 1.165) is 25.8 Å². The number of hydrogen-bond donors (Lipinski definition) is 0. The quantitative estimate of drug-likeness (QED) is 0.766. The summed E-state index contributed by atoms with van der Waals surface area (Å²) in [6.07, 6.45) is 3.52. The SMILES string of the molecule is CCOCC(C)N1C(=O)C2CCCCN2C(=O)C1CC. The molecule has 2 aliphatic heterocycles. The van der Waals surface area contributed by atoms with Crippen LogP contribution in [0.25, 0.3) is 0 Å². The molecule has 2 rings (SSSR count). The van der Waals surface area contributed by atoms with Crippen molar-refractivity contribution >= 4 is 11.8 Å². The Morgan fingerprint density at radius 1 is 1.25 bits per heavy atom. The third-order valence-electron chi connectivity index (χ3n) is 4.37. The van der Waals surface area contributed by atoms with Gasteiger partial charge in [0, 0.05) is 13.2 Å². The molecule has 0 radical (unpaired) electrons. The largest absolute Gasteiger partial charge is 0.380 e. The number of carbonyl (C=O) groups excluding carboxylic acids is 2. The molecular weight excluding hydrogens is 256 g/mol. The topological polar surface area (TPSA) is 49.9 Å². The summed E-state index contributed by atoms with van der Waals surface area (Å²) in [5.41, 5.74) is 0. The number of amides is 2. The highest BCUT2D eigenvalue weighted by Gasteiger charge is 2.47. The smallest absolute Gasteiger partial charge is 0.246 e. The lowest BCUT2D eigenvalue weighted by Crippen LogP contribution is -2.67. The van der Waals surface area contributed by atoms with Crippen molar-refractivity contribution in [2.24, 2.45) is 0 Å². The molecule has 0 N–H and O–H groups in total. The van der Waals surface area contributed by atoms with Crippen molar-refractivity contribution in [3.05, 3.63) is 0 Å². The summed E-state index contributed by atoms with van der Waals surface area (Å²) < 4.78 is 5.44. The lowest BCUT2D eigenvalue weighted by molar-refractivity contribution is -0.167. The fourth-order valence-electron chi connectivity index (χ4n) is 3.35. The third kappa shape index (κ3) is 2.68. The minimum absolute atomic E-state index is 0.0413. The van der Waals surface area contributed by atoms with Crippen LogP contribution in [-0.2, 0) is 14.3 Å². The van der Waals surface area contributed by atoms with Crippen molar-refractivity contribution in [2.45, 2.75) is 64.6 Å². The van der Waals surface area contributed by atoms with Gasteiger partial charge in [-0.1, -0.05) is 6.92 Å². The first kappa shape index (κ1) is 15.3. The standard InChI is InChI=1S/C15H26N2O3/c1-4-12-14(18)16-9-7-6-8-13(16)15(19)17(12)11(3)10-20-5-2/h11-13H,4-10H2,1-3H3. The highest BCUT2D eigenvalue weighted by atomic mass is 16.5. The number of carbonyl (C=O) groups is 2. The normalized spacial score (nSPS) is 28.6. The van der Waals surface area contributed by atoms with Gasteiger partial charge < -0.3 is 14.5 Å². The summed E-state index contributed by atoms with van der Waals surface area (Å²) >= 11 is 0. The van der Waals surface area contributed by atoms with E-state index < -0.39 is 0 Å². The van der Waals surface area contributed by atoms with Gasteiger partial charge in [-0.25, -0.2) is 0 Å². The van der Waals surface area contributed by atoms with Crippen molar-refractivity contribution < 1.29 is 14.3 Å². The van der Waals surface area contributed by atoms with E-state index in [1.54, 1.807) is 4.90 Å². The molecule has 0 saturated carbocycles. The Kier molecular flexibility index (Phi) is 5.02. The summed E-state index contributed by atoms with van der Waals surface area (Å²) in [5.74, 6) is 0.239. The number of hydrogen-bond acceptors (Lipinski definition) is 3. The van der Waals surface area contributed by atoms with Gasteiger partial charge in [0.1, 0.15) is 12.1 Å². The molecule has 114 valence electrons. The van der Waals surface area contributed by atoms with Crippen LogP contribution in [0.15, 0.2) is 0 Å². The molecule has 2 fully saturated rings. The van der Waals surface area contributed by atoms with Crippen LogP contribution in [0.4, 0.5) is 0 Å². The van der Waals surface area contributed by atoms with E-state index in [-0.39, 0.29) is 29.9 Å². The van der Waals surface area contributed by atoms with Gasteiger partial charge in [0.2, 0.25) is 11.8 Å². The predicted molar refractivity (Wildman–Crippen MR) is 76.2 cm³/mol. The maximum absolute atomic E-state index is 12.8. The molecule has 0 aromatic carbocycles. The number of fused-ring (bicyclic) bond motifs is 1. The molecular formula is C15H26N2O3. The van der Waals surface area contributed by atoms with E-state index in [4.69, 9.17) is 4.74 Å². The van der Waals surface area contributed by atoms with Crippen molar-refractivity contribution in [1.29, 1.82) is 0 Å². The molecule has 0 bridgehead atoms. The first-order valence-corrected chi connectivity index (χ1v) is 7.82. The predicted octanol–water partition coefficient (Wildman–Crippen LogP) is 1.41. The molecule has 0 aliphatic carbocycles. The first-order chi connectivity index (χ1) is 9.61. The maximum Gasteiger partial charge on any atom is 0.246 e. The number of nitrogens with zero attached hydrogens (tertiary/aromatic N) is 2. The second-order valence-corrected chi connectivity index (χ2v) is 5.72. The minimum atomic E-state index is -0.313. The van der Waals surface area contributed by atoms with Crippen LogP contribution in [0.3, 0.4) is 0 Å². The van der Waals surface area contributed by atoms with Gasteiger partial charge in [-0.15, -0.1) is 0 Å². The highest BCUT2D eigenvalue weighted by Crippen LogP contribution is 2.28. The van der Waals surface area contributed by atoms with E-state index in [1.807, 2.05) is 25.7 Å². The second kappa shape index (κ2) is 6.57. The summed E-state index contributed by atoms with van der Waals surface area (Å²) in [6, 6.07) is -0.587. The number of ether oxygens (including phenoxy) is 1. The summed E-state index contributed by atoms with van der Waals surface area (Å²) in [5, 5.41) is 0. The molecule has 2 saturated heterocycles. The Morgan fingerprint density at radius 3 is 2.65 bits per heavy atom. The van der Waals surface area contributed by atoms with Crippen LogP contribution in [0, 0.1) is 0 Å². The molecule has 0 spiro atoms. The summed E-state index contributed by atoms with van der Waals surface area (Å²) in [7, 11) is 0. The van der Waals surface area contributed by atoms with Crippen molar-refractivity contribution in [3.8, 4) is 0 Å². The van der Waals surface area contributed by atoms with Crippen molar-refractivity contribution in [3.63, 3.8) is 0 Å². The highest BCUT2D eigenvalue weighted by molar-refractivity contribution is 5.97. The molecule has 2 heterocycles. The molecule has 5 heteroatoms. The zero-order chi connectivity index (χ0) is 14.7. The molecule has 0 aromatic heterocycles. The molecule has 20 heavy (non-hydrogen) atoms. The van der Waals surface area contributed by atoms with Gasteiger partial charge in [0.25, 0.3) is 0 Å². The Morgan fingerprint density at radius 2 is 2.00 bits per heavy atom. The van der Waals surface area contributed by atoms with E-state index in [9.17, 15) is 9.59 Å².